The molecule has 0 atom stereocenters. The highest BCUT2D eigenvalue weighted by Crippen LogP contribution is 2.33. The molecule has 0 aliphatic heterocycles. The van der Waals surface area contributed by atoms with Crippen LogP contribution in [0.15, 0.2) is 48.5 Å². The van der Waals surface area contributed by atoms with Crippen molar-refractivity contribution in [1.29, 1.82) is 0 Å². The van der Waals surface area contributed by atoms with Gasteiger partial charge in [-0.25, -0.2) is 0 Å². The molecule has 6 nitrogen and oxygen atoms in total. The fraction of sp³-hybridized carbons (Fsp3) is 0.292. The average Bonchev–Trinajstić information content (AvgIpc) is 2.78. The van der Waals surface area contributed by atoms with Gasteiger partial charge in [-0.3, -0.25) is 14.6 Å². The quantitative estimate of drug-likeness (QED) is 0.527. The average molecular weight is 402 g/mol. The number of aromatic nitrogens is 1. The van der Waals surface area contributed by atoms with Crippen LogP contribution in [0.4, 0.5) is 5.69 Å². The number of nitrogens with one attached hydrogen (secondary N) is 2. The van der Waals surface area contributed by atoms with Gasteiger partial charge in [0.2, 0.25) is 5.91 Å². The van der Waals surface area contributed by atoms with E-state index in [1.165, 1.54) is 29.8 Å². The maximum atomic E-state index is 12.3. The van der Waals surface area contributed by atoms with Gasteiger partial charge in [-0.2, -0.15) is 0 Å². The number of benzene rings is 2. The second-order valence-electron chi connectivity index (χ2n) is 7.61. The fourth-order valence-corrected chi connectivity index (χ4v) is 3.97. The summed E-state index contributed by atoms with van der Waals surface area (Å²) in [6.07, 6.45) is 5.31. The Hall–Kier alpha value is -3.41. The lowest BCUT2D eigenvalue weighted by atomic mass is 9.92. The van der Waals surface area contributed by atoms with Crippen molar-refractivity contribution in [2.45, 2.75) is 32.1 Å². The summed E-state index contributed by atoms with van der Waals surface area (Å²) in [6.45, 7) is 1.33. The molecule has 3 aromatic rings. The Kier molecular flexibility index (Phi) is 5.93. The van der Waals surface area contributed by atoms with Gasteiger partial charge in [-0.15, -0.1) is 0 Å². The molecule has 1 heterocycles. The Labute approximate surface area is 175 Å². The molecular weight excluding hydrogens is 376 g/mol. The number of aryl methyl sites for hydroxylation is 1. The molecule has 0 radical (unpaired) electrons. The van der Waals surface area contributed by atoms with Crippen molar-refractivity contribution in [1.82, 2.24) is 10.3 Å². The van der Waals surface area contributed by atoms with Gasteiger partial charge >= 0.3 is 0 Å². The van der Waals surface area contributed by atoms with Crippen LogP contribution in [0, 0.1) is 0 Å². The molecule has 0 spiro atoms. The predicted molar refractivity (Wildman–Crippen MR) is 119 cm³/mol. The summed E-state index contributed by atoms with van der Waals surface area (Å²) in [5.41, 5.74) is 10.9. The van der Waals surface area contributed by atoms with Crippen LogP contribution in [0.3, 0.4) is 0 Å². The highest BCUT2D eigenvalue weighted by Gasteiger charge is 2.17. The third-order valence-electron chi connectivity index (χ3n) is 5.54. The fourth-order valence-electron chi connectivity index (χ4n) is 3.97. The minimum Gasteiger partial charge on any atom is -0.384 e. The highest BCUT2D eigenvalue weighted by atomic mass is 16.2. The van der Waals surface area contributed by atoms with Crippen LogP contribution in [0.2, 0.25) is 0 Å². The zero-order valence-corrected chi connectivity index (χ0v) is 16.9. The van der Waals surface area contributed by atoms with Crippen molar-refractivity contribution in [2.24, 2.45) is 5.73 Å². The largest absolute Gasteiger partial charge is 0.384 e. The second kappa shape index (κ2) is 8.95. The van der Waals surface area contributed by atoms with Gasteiger partial charge in [0.1, 0.15) is 0 Å². The summed E-state index contributed by atoms with van der Waals surface area (Å²) in [5.74, 6) is -0.656. The van der Waals surface area contributed by atoms with E-state index >= 15 is 0 Å². The van der Waals surface area contributed by atoms with Crippen LogP contribution in [-0.2, 0) is 12.8 Å². The van der Waals surface area contributed by atoms with Crippen LogP contribution < -0.4 is 16.4 Å². The number of para-hydroxylation sites is 1. The van der Waals surface area contributed by atoms with Crippen molar-refractivity contribution in [3.8, 4) is 0 Å². The van der Waals surface area contributed by atoms with Gasteiger partial charge in [0.05, 0.1) is 5.52 Å². The van der Waals surface area contributed by atoms with Gasteiger partial charge in [-0.1, -0.05) is 18.2 Å². The Balaban J connectivity index is 1.35. The molecule has 4 rings (SSSR count). The summed E-state index contributed by atoms with van der Waals surface area (Å²) in [4.78, 5) is 28.3. The first-order chi connectivity index (χ1) is 14.6. The molecule has 0 saturated heterocycles. The molecule has 154 valence electrons. The lowest BCUT2D eigenvalue weighted by Gasteiger charge is -2.21. The first kappa shape index (κ1) is 19.9. The minimum absolute atomic E-state index is 0.155. The van der Waals surface area contributed by atoms with Crippen molar-refractivity contribution in [3.05, 3.63) is 70.9 Å². The van der Waals surface area contributed by atoms with Gasteiger partial charge in [0.15, 0.2) is 0 Å². The third-order valence-corrected chi connectivity index (χ3v) is 5.54. The number of fused-ring (bicyclic) bond motifs is 2. The van der Waals surface area contributed by atoms with E-state index in [1.54, 1.807) is 24.3 Å². The number of carbonyl (C=O) groups is 2. The molecule has 30 heavy (non-hydrogen) atoms. The Morgan fingerprint density at radius 3 is 2.47 bits per heavy atom. The molecule has 4 N–H and O–H groups in total. The van der Waals surface area contributed by atoms with Gasteiger partial charge in [0.25, 0.3) is 5.91 Å². The molecule has 0 bridgehead atoms. The topological polar surface area (TPSA) is 97.1 Å². The number of carbonyl (C=O) groups excluding carboxylic acids is 2. The molecule has 1 aliphatic carbocycles. The van der Waals surface area contributed by atoms with Crippen molar-refractivity contribution in [3.63, 3.8) is 0 Å². The number of amides is 2. The molecule has 6 heteroatoms. The van der Waals surface area contributed by atoms with E-state index < -0.39 is 5.91 Å². The zero-order chi connectivity index (χ0) is 20.9. The lowest BCUT2D eigenvalue weighted by molar-refractivity contribution is 0.0950. The highest BCUT2D eigenvalue weighted by molar-refractivity contribution is 5.97. The Morgan fingerprint density at radius 2 is 1.67 bits per heavy atom. The van der Waals surface area contributed by atoms with Crippen LogP contribution in [-0.4, -0.2) is 29.9 Å². The van der Waals surface area contributed by atoms with Crippen LogP contribution in [0.1, 0.15) is 51.2 Å². The molecule has 0 fully saturated rings. The van der Waals surface area contributed by atoms with Crippen molar-refractivity contribution >= 4 is 28.4 Å². The Bertz CT molecular complexity index is 1080. The van der Waals surface area contributed by atoms with E-state index in [0.717, 1.165) is 36.7 Å². The molecular formula is C24H26N4O2. The monoisotopic (exact) mass is 402 g/mol. The number of anilines is 1. The van der Waals surface area contributed by atoms with Gasteiger partial charge in [0, 0.05) is 41.0 Å². The first-order valence-electron chi connectivity index (χ1n) is 10.5. The lowest BCUT2D eigenvalue weighted by Crippen LogP contribution is -2.26. The minimum atomic E-state index is -0.501. The number of nitrogens with two attached hydrogens (primary N) is 1. The van der Waals surface area contributed by atoms with Gasteiger partial charge < -0.3 is 16.4 Å². The normalized spacial score (nSPS) is 12.9. The van der Waals surface area contributed by atoms with Crippen LogP contribution >= 0.6 is 0 Å². The van der Waals surface area contributed by atoms with Crippen molar-refractivity contribution in [2.75, 3.05) is 18.4 Å². The van der Waals surface area contributed by atoms with Gasteiger partial charge in [-0.05, 0) is 68.0 Å². The summed E-state index contributed by atoms with van der Waals surface area (Å²) < 4.78 is 0. The predicted octanol–water partition coefficient (Wildman–Crippen LogP) is 3.44. The maximum absolute atomic E-state index is 12.3. The number of hydrogen-bond acceptors (Lipinski definition) is 4. The molecule has 2 aromatic carbocycles. The second-order valence-corrected chi connectivity index (χ2v) is 7.61. The molecule has 0 saturated carbocycles. The zero-order valence-electron chi connectivity index (χ0n) is 16.9. The van der Waals surface area contributed by atoms with E-state index in [0.29, 0.717) is 17.7 Å². The summed E-state index contributed by atoms with van der Waals surface area (Å²) in [7, 11) is 0. The number of primary amides is 1. The summed E-state index contributed by atoms with van der Waals surface area (Å²) in [6, 6.07) is 14.6. The smallest absolute Gasteiger partial charge is 0.251 e. The van der Waals surface area contributed by atoms with Crippen LogP contribution in [0.25, 0.3) is 10.9 Å². The molecule has 1 aliphatic rings. The third kappa shape index (κ3) is 4.27. The maximum Gasteiger partial charge on any atom is 0.251 e. The standard InChI is InChI=1S/C24H26N4O2/c25-23(29)16-10-12-17(13-11-16)24(30)27-15-5-14-26-22-18-6-1-3-8-20(18)28-21-9-4-2-7-19(21)22/h1,3,6,8,10-13H,2,4-5,7,9,14-15H2,(H2,25,29)(H,26,28)(H,27,30). The summed E-state index contributed by atoms with van der Waals surface area (Å²) in [5, 5.41) is 7.70. The molecule has 2 amide bonds. The Morgan fingerprint density at radius 1 is 0.933 bits per heavy atom. The van der Waals surface area contributed by atoms with E-state index in [2.05, 4.69) is 22.8 Å². The van der Waals surface area contributed by atoms with E-state index in [-0.39, 0.29) is 5.91 Å². The number of nitrogens with zero attached hydrogens (tertiary/aromatic N) is 1. The first-order valence-corrected chi connectivity index (χ1v) is 10.5. The van der Waals surface area contributed by atoms with Crippen LogP contribution in [0.5, 0.6) is 0 Å². The number of pyridine rings is 1. The number of rotatable bonds is 7. The number of hydrogen-bond donors (Lipinski definition) is 3. The summed E-state index contributed by atoms with van der Waals surface area (Å²) >= 11 is 0. The van der Waals surface area contributed by atoms with E-state index in [4.69, 9.17) is 10.7 Å². The SMILES string of the molecule is NC(=O)c1ccc(C(=O)NCCCNc2c3c(nc4ccccc24)CCCC3)cc1. The van der Waals surface area contributed by atoms with E-state index in [1.807, 2.05) is 12.1 Å². The van der Waals surface area contributed by atoms with E-state index in [9.17, 15) is 9.59 Å². The van der Waals surface area contributed by atoms with Crippen molar-refractivity contribution < 1.29 is 9.59 Å². The molecule has 1 aromatic heterocycles. The molecule has 0 unspecified atom stereocenters.